The average Bonchev–Trinajstić information content (AvgIpc) is 2.77. The Morgan fingerprint density at radius 2 is 0.667 bits per heavy atom. The number of carbonyl (C=O) groups is 1. The highest BCUT2D eigenvalue weighted by Crippen LogP contribution is 2.31. The van der Waals surface area contributed by atoms with Crippen LogP contribution in [0.2, 0.25) is 143 Å². The monoisotopic (exact) mass is 894 g/mol. The number of rotatable bonds is 26. The van der Waals surface area contributed by atoms with Gasteiger partial charge in [0.1, 0.15) is 0 Å². The van der Waals surface area contributed by atoms with Crippen LogP contribution in [0.25, 0.3) is 0 Å². The minimum atomic E-state index is -2.71. The molecule has 0 aliphatic carbocycles. The molecule has 0 aromatic carbocycles. The van der Waals surface area contributed by atoms with Crippen molar-refractivity contribution >= 4 is 91.1 Å². The Kier molecular flexibility index (Phi) is 19.8. The third-order valence-electron chi connectivity index (χ3n) is 6.95. The quantitative estimate of drug-likeness (QED) is 0.0358. The summed E-state index contributed by atoms with van der Waals surface area (Å²) in [6.07, 6.45) is 4.28. The molecule has 0 radical (unpaired) electrons. The van der Waals surface area contributed by atoms with Gasteiger partial charge in [-0.25, -0.2) is 4.79 Å². The third-order valence-corrected chi connectivity index (χ3v) is 45.9. The molecule has 0 fully saturated rings. The molecule has 0 aliphatic rings. The number of hydrogen-bond acceptors (Lipinski definition) is 11. The summed E-state index contributed by atoms with van der Waals surface area (Å²) < 4.78 is 66.0. The van der Waals surface area contributed by atoms with Gasteiger partial charge in [0, 0.05) is 6.08 Å². The summed E-state index contributed by atoms with van der Waals surface area (Å²) in [6.45, 7) is 48.3. The Labute approximate surface area is 324 Å². The minimum absolute atomic E-state index is 0.357. The molecule has 0 spiro atoms. The molecule has 0 amide bonds. The zero-order valence-electron chi connectivity index (χ0n) is 36.5. The maximum absolute atomic E-state index is 11.4. The summed E-state index contributed by atoms with van der Waals surface area (Å²) in [4.78, 5) is 11.4. The first-order chi connectivity index (χ1) is 22.4. The molecule has 0 saturated heterocycles. The van der Waals surface area contributed by atoms with E-state index in [1.807, 2.05) is 0 Å². The minimum Gasteiger partial charge on any atom is -0.463 e. The lowest BCUT2D eigenvalue weighted by Gasteiger charge is -2.44. The molecule has 0 saturated carbocycles. The largest absolute Gasteiger partial charge is 0.463 e. The van der Waals surface area contributed by atoms with Gasteiger partial charge in [-0.05, 0) is 149 Å². The summed E-state index contributed by atoms with van der Waals surface area (Å²) >= 11 is 0. The molecule has 0 aliphatic heterocycles. The van der Waals surface area contributed by atoms with Crippen LogP contribution in [0.3, 0.4) is 0 Å². The summed E-state index contributed by atoms with van der Waals surface area (Å²) in [7, 11) is -24.9. The smallest absolute Gasteiger partial charge is 0.330 e. The van der Waals surface area contributed by atoms with Crippen molar-refractivity contribution in [2.75, 3.05) is 6.61 Å². The molecule has 0 aromatic rings. The molecule has 0 bridgehead atoms. The van der Waals surface area contributed by atoms with Crippen LogP contribution >= 0.6 is 0 Å². The second-order valence-corrected chi connectivity index (χ2v) is 56.0. The SMILES string of the molecule is C=CC(=O)OCCC[Si](C)(C)O[Si](C)(C)O[Si](C)(C)O[Si](C)(C)O[Si](C)(C)O[Si](C)(C)O[Si](C)(C)O[Si](C)(C)O[Si](C)(C)O[Si](C)(C)CCCC. The second-order valence-electron chi connectivity index (χ2n) is 18.2. The van der Waals surface area contributed by atoms with Gasteiger partial charge in [0.2, 0.25) is 0 Å². The van der Waals surface area contributed by atoms with E-state index in [4.69, 9.17) is 41.8 Å². The molecule has 304 valence electrons. The third kappa shape index (κ3) is 25.0. The Morgan fingerprint density at radius 1 is 0.431 bits per heavy atom. The van der Waals surface area contributed by atoms with Crippen LogP contribution in [0.5, 0.6) is 0 Å². The van der Waals surface area contributed by atoms with Crippen molar-refractivity contribution in [2.24, 2.45) is 0 Å². The molecule has 0 aromatic heterocycles. The highest BCUT2D eigenvalue weighted by molar-refractivity contribution is 6.93. The normalized spacial score (nSPS) is 14.9. The van der Waals surface area contributed by atoms with E-state index in [1.165, 1.54) is 18.9 Å². The van der Waals surface area contributed by atoms with Gasteiger partial charge in [0.05, 0.1) is 6.61 Å². The molecule has 51 heavy (non-hydrogen) atoms. The fourth-order valence-corrected chi connectivity index (χ4v) is 58.2. The van der Waals surface area contributed by atoms with Gasteiger partial charge in [0.15, 0.2) is 16.6 Å². The van der Waals surface area contributed by atoms with Crippen molar-refractivity contribution in [3.05, 3.63) is 12.7 Å². The van der Waals surface area contributed by atoms with Crippen molar-refractivity contribution in [3.63, 3.8) is 0 Å². The van der Waals surface area contributed by atoms with Gasteiger partial charge in [-0.15, -0.1) is 0 Å². The number of esters is 1. The van der Waals surface area contributed by atoms with E-state index in [-0.39, 0.29) is 0 Å². The van der Waals surface area contributed by atoms with Gasteiger partial charge >= 0.3 is 74.5 Å². The van der Waals surface area contributed by atoms with Gasteiger partial charge in [-0.1, -0.05) is 26.3 Å². The van der Waals surface area contributed by atoms with Crippen molar-refractivity contribution in [1.82, 2.24) is 0 Å². The lowest BCUT2D eigenvalue weighted by atomic mass is 10.4. The molecule has 0 heterocycles. The van der Waals surface area contributed by atoms with Crippen molar-refractivity contribution < 1.29 is 46.6 Å². The summed E-state index contributed by atoms with van der Waals surface area (Å²) in [5, 5.41) is 0. The zero-order chi connectivity index (χ0) is 40.6. The molecule has 21 heteroatoms. The first kappa shape index (κ1) is 52.0. The van der Waals surface area contributed by atoms with Crippen LogP contribution in [-0.2, 0) is 46.6 Å². The molecule has 0 N–H and O–H groups in total. The predicted octanol–water partition coefficient (Wildman–Crippen LogP) is 10.1. The fraction of sp³-hybridized carbons (Fsp3) is 0.900. The molecular formula is C30H78O11Si10. The van der Waals surface area contributed by atoms with E-state index in [0.717, 1.165) is 18.5 Å². The lowest BCUT2D eigenvalue weighted by molar-refractivity contribution is -0.137. The molecular weight excluding hydrogens is 817 g/mol. The van der Waals surface area contributed by atoms with Crippen molar-refractivity contribution in [1.29, 1.82) is 0 Å². The Bertz CT molecular complexity index is 1110. The van der Waals surface area contributed by atoms with Crippen LogP contribution in [0, 0.1) is 0 Å². The summed E-state index contributed by atoms with van der Waals surface area (Å²) in [6, 6.07) is 1.99. The van der Waals surface area contributed by atoms with Gasteiger partial charge < -0.3 is 41.8 Å². The number of ether oxygens (including phenoxy) is 1. The summed E-state index contributed by atoms with van der Waals surface area (Å²) in [5.74, 6) is -0.399. The fourth-order valence-electron chi connectivity index (χ4n) is 7.08. The average molecular weight is 896 g/mol. The molecule has 0 rings (SSSR count). The first-order valence-electron chi connectivity index (χ1n) is 18.5. The predicted molar refractivity (Wildman–Crippen MR) is 235 cm³/mol. The second kappa shape index (κ2) is 19.4. The van der Waals surface area contributed by atoms with Crippen molar-refractivity contribution in [2.45, 2.75) is 169 Å². The molecule has 0 atom stereocenters. The van der Waals surface area contributed by atoms with E-state index < -0.39 is 91.1 Å². The van der Waals surface area contributed by atoms with Gasteiger partial charge in [0.25, 0.3) is 0 Å². The Morgan fingerprint density at radius 3 is 0.902 bits per heavy atom. The number of unbranched alkanes of at least 4 members (excludes halogenated alkanes) is 1. The Balaban J connectivity index is 5.42. The highest BCUT2D eigenvalue weighted by atomic mass is 28.5. The van der Waals surface area contributed by atoms with E-state index >= 15 is 0 Å². The first-order valence-corrected chi connectivity index (χ1v) is 47.2. The van der Waals surface area contributed by atoms with Crippen LogP contribution in [0.1, 0.15) is 26.2 Å². The lowest BCUT2D eigenvalue weighted by Crippen LogP contribution is -2.62. The van der Waals surface area contributed by atoms with Crippen LogP contribution in [-0.4, -0.2) is 97.7 Å². The van der Waals surface area contributed by atoms with E-state index in [0.29, 0.717) is 6.61 Å². The number of hydrogen-bond donors (Lipinski definition) is 0. The van der Waals surface area contributed by atoms with Gasteiger partial charge in [-0.3, -0.25) is 0 Å². The summed E-state index contributed by atoms with van der Waals surface area (Å²) in [5.41, 5.74) is 0. The Hall–Kier alpha value is 1.02. The van der Waals surface area contributed by atoms with Gasteiger partial charge in [-0.2, -0.15) is 0 Å². The maximum Gasteiger partial charge on any atom is 0.330 e. The van der Waals surface area contributed by atoms with Crippen LogP contribution in [0.15, 0.2) is 12.7 Å². The van der Waals surface area contributed by atoms with Crippen LogP contribution in [0.4, 0.5) is 0 Å². The van der Waals surface area contributed by atoms with E-state index in [1.54, 1.807) is 0 Å². The van der Waals surface area contributed by atoms with E-state index in [9.17, 15) is 4.79 Å². The van der Waals surface area contributed by atoms with E-state index in [2.05, 4.69) is 144 Å². The van der Waals surface area contributed by atoms with Crippen molar-refractivity contribution in [3.8, 4) is 0 Å². The number of carbonyl (C=O) groups excluding carboxylic acids is 1. The molecule has 0 unspecified atom stereocenters. The van der Waals surface area contributed by atoms with Crippen LogP contribution < -0.4 is 0 Å². The zero-order valence-corrected chi connectivity index (χ0v) is 46.5. The standard InChI is InChI=1S/C30H78O11Si10/c1-23-25-28-42(3,4)33-44(7,8)35-46(11,12)37-48(15,16)39-50(19,20)41-51(21,22)40-49(17,18)38-47(13,14)36-45(9,10)34-43(5,6)29-26-27-32-30(31)24-2/h24H,2,23,25-29H2,1,3-22H3. The molecule has 11 nitrogen and oxygen atoms in total. The highest BCUT2D eigenvalue weighted by Gasteiger charge is 2.50. The maximum atomic E-state index is 11.4. The topological polar surface area (TPSA) is 109 Å².